The number of rotatable bonds is 5. The molecule has 0 aliphatic rings. The summed E-state index contributed by atoms with van der Waals surface area (Å²) >= 11 is 1.32. The Morgan fingerprint density at radius 2 is 2.20 bits per heavy atom. The summed E-state index contributed by atoms with van der Waals surface area (Å²) in [7, 11) is -3.80. The molecule has 20 heavy (non-hydrogen) atoms. The number of nitrogens with zero attached hydrogens (tertiary/aromatic N) is 1. The van der Waals surface area contributed by atoms with Gasteiger partial charge < -0.3 is 10.8 Å². The third kappa shape index (κ3) is 3.13. The van der Waals surface area contributed by atoms with Crippen molar-refractivity contribution in [2.75, 3.05) is 5.73 Å². The van der Waals surface area contributed by atoms with Crippen LogP contribution >= 0.6 is 11.3 Å². The topological polar surface area (TPSA) is 122 Å². The number of carbonyl (C=O) groups is 1. The molecule has 0 atom stereocenters. The molecule has 7 nitrogen and oxygen atoms in total. The second-order valence-electron chi connectivity index (χ2n) is 3.85. The molecule has 4 N–H and O–H groups in total. The highest BCUT2D eigenvalue weighted by Crippen LogP contribution is 2.20. The zero-order chi connectivity index (χ0) is 14.8. The Morgan fingerprint density at radius 3 is 2.75 bits per heavy atom. The first-order valence-electron chi connectivity index (χ1n) is 5.40. The maximum Gasteiger partial charge on any atom is 0.335 e. The lowest BCUT2D eigenvalue weighted by Gasteiger charge is -2.08. The maximum absolute atomic E-state index is 12.1. The molecule has 0 radical (unpaired) electrons. The van der Waals surface area contributed by atoms with Gasteiger partial charge in [-0.15, -0.1) is 11.3 Å². The van der Waals surface area contributed by atoms with Gasteiger partial charge in [-0.1, -0.05) is 0 Å². The van der Waals surface area contributed by atoms with E-state index in [1.165, 1.54) is 23.5 Å². The Labute approximate surface area is 119 Å². The van der Waals surface area contributed by atoms with Crippen LogP contribution < -0.4 is 10.5 Å². The maximum atomic E-state index is 12.1. The number of hydrogen-bond acceptors (Lipinski definition) is 6. The lowest BCUT2D eigenvalue weighted by atomic mass is 10.2. The van der Waals surface area contributed by atoms with Crippen molar-refractivity contribution in [1.29, 1.82) is 0 Å². The SMILES string of the molecule is Nc1cc(C(=O)O)ccc1S(=O)(=O)NCc1cncs1. The molecule has 0 unspecified atom stereocenters. The fraction of sp³-hybridized carbons (Fsp3) is 0.0909. The fourth-order valence-electron chi connectivity index (χ4n) is 1.50. The van der Waals surface area contributed by atoms with E-state index in [1.807, 2.05) is 0 Å². The van der Waals surface area contributed by atoms with Gasteiger partial charge in [-0.3, -0.25) is 4.98 Å². The van der Waals surface area contributed by atoms with E-state index in [2.05, 4.69) is 9.71 Å². The summed E-state index contributed by atoms with van der Waals surface area (Å²) in [6.45, 7) is 0.104. The summed E-state index contributed by atoms with van der Waals surface area (Å²) < 4.78 is 26.5. The lowest BCUT2D eigenvalue weighted by molar-refractivity contribution is 0.0697. The molecule has 0 saturated heterocycles. The minimum atomic E-state index is -3.80. The van der Waals surface area contributed by atoms with E-state index in [0.29, 0.717) is 0 Å². The first-order valence-corrected chi connectivity index (χ1v) is 7.76. The van der Waals surface area contributed by atoms with E-state index in [9.17, 15) is 13.2 Å². The van der Waals surface area contributed by atoms with Crippen LogP contribution in [0.2, 0.25) is 0 Å². The van der Waals surface area contributed by atoms with Gasteiger partial charge in [-0.2, -0.15) is 0 Å². The number of aromatic nitrogens is 1. The number of sulfonamides is 1. The van der Waals surface area contributed by atoms with Crippen LogP contribution in [0.1, 0.15) is 15.2 Å². The highest BCUT2D eigenvalue weighted by atomic mass is 32.2. The number of carboxylic acids is 1. The van der Waals surface area contributed by atoms with E-state index in [4.69, 9.17) is 10.8 Å². The predicted octanol–water partition coefficient (Wildman–Crippen LogP) is 0.902. The molecule has 1 aromatic heterocycles. The monoisotopic (exact) mass is 313 g/mol. The van der Waals surface area contributed by atoms with Crippen LogP contribution in [-0.2, 0) is 16.6 Å². The van der Waals surface area contributed by atoms with Gasteiger partial charge in [0.25, 0.3) is 0 Å². The minimum absolute atomic E-state index is 0.0658. The summed E-state index contributed by atoms with van der Waals surface area (Å²) in [4.78, 5) is 15.2. The molecule has 2 rings (SSSR count). The van der Waals surface area contributed by atoms with Gasteiger partial charge in [0.1, 0.15) is 4.90 Å². The number of carboxylic acid groups (broad SMARTS) is 1. The highest BCUT2D eigenvalue weighted by Gasteiger charge is 2.18. The molecule has 0 spiro atoms. The van der Waals surface area contributed by atoms with Gasteiger partial charge in [0.2, 0.25) is 10.0 Å². The number of nitrogens with one attached hydrogen (secondary N) is 1. The van der Waals surface area contributed by atoms with Gasteiger partial charge in [-0.25, -0.2) is 17.9 Å². The van der Waals surface area contributed by atoms with Crippen LogP contribution in [0.25, 0.3) is 0 Å². The van der Waals surface area contributed by atoms with Crippen LogP contribution in [-0.4, -0.2) is 24.5 Å². The average Bonchev–Trinajstić information content (AvgIpc) is 2.89. The standard InChI is InChI=1S/C11H11N3O4S2/c12-9-3-7(11(15)16)1-2-10(9)20(17,18)14-5-8-4-13-6-19-8/h1-4,6,14H,5,12H2,(H,15,16). The Morgan fingerprint density at radius 1 is 1.45 bits per heavy atom. The number of anilines is 1. The van der Waals surface area contributed by atoms with E-state index in [1.54, 1.807) is 11.7 Å². The molecule has 0 saturated carbocycles. The fourth-order valence-corrected chi connectivity index (χ4v) is 3.24. The second kappa shape index (κ2) is 5.57. The van der Waals surface area contributed by atoms with Crippen molar-refractivity contribution < 1.29 is 18.3 Å². The van der Waals surface area contributed by atoms with Gasteiger partial charge in [0, 0.05) is 17.6 Å². The number of nitrogen functional groups attached to an aromatic ring is 1. The van der Waals surface area contributed by atoms with Crippen LogP contribution in [0.15, 0.2) is 34.8 Å². The van der Waals surface area contributed by atoms with Crippen molar-refractivity contribution in [1.82, 2.24) is 9.71 Å². The molecule has 1 aromatic carbocycles. The Kier molecular flexibility index (Phi) is 4.02. The molecule has 106 valence electrons. The molecule has 0 fully saturated rings. The smallest absolute Gasteiger partial charge is 0.335 e. The number of thiazole rings is 1. The van der Waals surface area contributed by atoms with Crippen LogP contribution in [0, 0.1) is 0 Å². The highest BCUT2D eigenvalue weighted by molar-refractivity contribution is 7.89. The Balaban J connectivity index is 2.23. The van der Waals surface area contributed by atoms with Crippen molar-refractivity contribution in [3.05, 3.63) is 40.3 Å². The molecule has 0 bridgehead atoms. The molecule has 1 heterocycles. The molecular formula is C11H11N3O4S2. The molecule has 0 aliphatic carbocycles. The number of benzene rings is 1. The number of aromatic carboxylic acids is 1. The van der Waals surface area contributed by atoms with Crippen molar-refractivity contribution in [3.8, 4) is 0 Å². The first kappa shape index (κ1) is 14.4. The summed E-state index contributed by atoms with van der Waals surface area (Å²) in [5.41, 5.74) is 7.02. The summed E-state index contributed by atoms with van der Waals surface area (Å²) in [5, 5.41) is 8.81. The van der Waals surface area contributed by atoms with E-state index >= 15 is 0 Å². The summed E-state index contributed by atoms with van der Waals surface area (Å²) in [6, 6.07) is 3.48. The first-order chi connectivity index (χ1) is 9.40. The average molecular weight is 313 g/mol. The lowest BCUT2D eigenvalue weighted by Crippen LogP contribution is -2.24. The van der Waals surface area contributed by atoms with E-state index < -0.39 is 16.0 Å². The zero-order valence-corrected chi connectivity index (χ0v) is 11.7. The van der Waals surface area contributed by atoms with E-state index in [-0.39, 0.29) is 22.7 Å². The van der Waals surface area contributed by atoms with Crippen molar-refractivity contribution in [2.45, 2.75) is 11.4 Å². The Hall–Kier alpha value is -1.97. The second-order valence-corrected chi connectivity index (χ2v) is 6.56. The minimum Gasteiger partial charge on any atom is -0.478 e. The molecule has 2 aromatic rings. The van der Waals surface area contributed by atoms with Crippen LogP contribution in [0.4, 0.5) is 5.69 Å². The predicted molar refractivity (Wildman–Crippen MR) is 74.0 cm³/mol. The largest absolute Gasteiger partial charge is 0.478 e. The van der Waals surface area contributed by atoms with Crippen molar-refractivity contribution in [3.63, 3.8) is 0 Å². The van der Waals surface area contributed by atoms with Gasteiger partial charge >= 0.3 is 5.97 Å². The van der Waals surface area contributed by atoms with Crippen LogP contribution in [0.5, 0.6) is 0 Å². The van der Waals surface area contributed by atoms with E-state index in [0.717, 1.165) is 10.9 Å². The third-order valence-electron chi connectivity index (χ3n) is 2.47. The summed E-state index contributed by atoms with van der Waals surface area (Å²) in [6.07, 6.45) is 1.56. The quantitative estimate of drug-likeness (QED) is 0.705. The zero-order valence-electron chi connectivity index (χ0n) is 10.1. The Bertz CT molecular complexity index is 726. The van der Waals surface area contributed by atoms with Gasteiger partial charge in [-0.05, 0) is 18.2 Å². The van der Waals surface area contributed by atoms with Gasteiger partial charge in [0.05, 0.1) is 16.8 Å². The molecule has 9 heteroatoms. The molecule has 0 aliphatic heterocycles. The van der Waals surface area contributed by atoms with Crippen molar-refractivity contribution >= 4 is 33.0 Å². The molecule has 0 amide bonds. The van der Waals surface area contributed by atoms with Crippen LogP contribution in [0.3, 0.4) is 0 Å². The summed E-state index contributed by atoms with van der Waals surface area (Å²) in [5.74, 6) is -1.17. The number of nitrogens with two attached hydrogens (primary N) is 1. The van der Waals surface area contributed by atoms with Crippen molar-refractivity contribution in [2.24, 2.45) is 0 Å². The van der Waals surface area contributed by atoms with Gasteiger partial charge in [0.15, 0.2) is 0 Å². The third-order valence-corrected chi connectivity index (χ3v) is 4.72. The normalized spacial score (nSPS) is 11.4. The molecular weight excluding hydrogens is 302 g/mol. The number of hydrogen-bond donors (Lipinski definition) is 3.